The normalized spacial score (nSPS) is 10.2. The zero-order valence-corrected chi connectivity index (χ0v) is 8.59. The van der Waals surface area contributed by atoms with Gasteiger partial charge in [-0.2, -0.15) is 0 Å². The molecule has 0 aromatic carbocycles. The summed E-state index contributed by atoms with van der Waals surface area (Å²) in [5.41, 5.74) is 0.486. The van der Waals surface area contributed by atoms with Crippen molar-refractivity contribution >= 4 is 5.97 Å². The van der Waals surface area contributed by atoms with E-state index in [1.807, 2.05) is 6.92 Å². The molecule has 78 valence electrons. The number of carbonyl (C=O) groups is 1. The Kier molecular flexibility index (Phi) is 3.11. The van der Waals surface area contributed by atoms with Crippen LogP contribution in [-0.4, -0.2) is 22.4 Å². The molecule has 5 nitrogen and oxygen atoms in total. The molecule has 1 aromatic rings. The van der Waals surface area contributed by atoms with Crippen LogP contribution in [0, 0.1) is 6.92 Å². The van der Waals surface area contributed by atoms with Crippen LogP contribution in [0.3, 0.4) is 0 Å². The summed E-state index contributed by atoms with van der Waals surface area (Å²) >= 11 is 0. The predicted molar refractivity (Wildman–Crippen MR) is 51.4 cm³/mol. The molecule has 0 bridgehead atoms. The number of rotatable bonds is 3. The average molecular weight is 198 g/mol. The third kappa shape index (κ3) is 1.71. The van der Waals surface area contributed by atoms with Crippen LogP contribution < -0.4 is 5.56 Å². The second kappa shape index (κ2) is 4.13. The van der Waals surface area contributed by atoms with Crippen molar-refractivity contribution in [3.63, 3.8) is 0 Å². The lowest BCUT2D eigenvalue weighted by molar-refractivity contribution is 0.0511. The summed E-state index contributed by atoms with van der Waals surface area (Å²) in [5.74, 6) is -0.454. The third-order valence-corrected chi connectivity index (χ3v) is 1.99. The summed E-state index contributed by atoms with van der Waals surface area (Å²) in [5, 5.41) is 2.56. The minimum Gasteiger partial charge on any atom is -0.461 e. The highest BCUT2D eigenvalue weighted by Gasteiger charge is 2.18. The largest absolute Gasteiger partial charge is 0.461 e. The summed E-state index contributed by atoms with van der Waals surface area (Å²) in [6.45, 7) is 6.03. The maximum Gasteiger partial charge on any atom is 0.356 e. The smallest absolute Gasteiger partial charge is 0.356 e. The first-order valence-electron chi connectivity index (χ1n) is 4.58. The highest BCUT2D eigenvalue weighted by atomic mass is 16.5. The Balaban J connectivity index is 3.17. The quantitative estimate of drug-likeness (QED) is 0.726. The molecule has 1 rings (SSSR count). The number of carbonyl (C=O) groups excluding carboxylic acids is 1. The zero-order chi connectivity index (χ0) is 10.7. The van der Waals surface area contributed by atoms with Gasteiger partial charge in [0.2, 0.25) is 0 Å². The number of nitrogens with zero attached hydrogens (tertiary/aromatic N) is 1. The topological polar surface area (TPSA) is 64.1 Å². The Hall–Kier alpha value is -1.52. The van der Waals surface area contributed by atoms with Crippen LogP contribution in [0.25, 0.3) is 0 Å². The lowest BCUT2D eigenvalue weighted by atomic mass is 10.3. The summed E-state index contributed by atoms with van der Waals surface area (Å²) < 4.78 is 6.34. The van der Waals surface area contributed by atoms with E-state index in [0.717, 1.165) is 0 Å². The van der Waals surface area contributed by atoms with E-state index in [4.69, 9.17) is 4.74 Å². The van der Waals surface area contributed by atoms with Crippen molar-refractivity contribution in [2.24, 2.45) is 0 Å². The van der Waals surface area contributed by atoms with Gasteiger partial charge in [0, 0.05) is 12.1 Å². The number of hydrogen-bond acceptors (Lipinski definition) is 3. The van der Waals surface area contributed by atoms with Crippen LogP contribution in [0.4, 0.5) is 0 Å². The molecule has 1 heterocycles. The number of hydrogen-bond donors (Lipinski definition) is 1. The van der Waals surface area contributed by atoms with Crippen LogP contribution in [0.1, 0.15) is 29.9 Å². The SMILES string of the molecule is CCOC(=O)c1c(C)c(=O)[nH]n1CC. The standard InChI is InChI=1S/C9H14N2O3/c1-4-11-7(9(13)14-5-2)6(3)8(12)10-11/h4-5H2,1-3H3,(H,10,12). The van der Waals surface area contributed by atoms with E-state index >= 15 is 0 Å². The third-order valence-electron chi connectivity index (χ3n) is 1.99. The first-order valence-corrected chi connectivity index (χ1v) is 4.58. The first-order chi connectivity index (χ1) is 6.61. The highest BCUT2D eigenvalue weighted by Crippen LogP contribution is 2.04. The van der Waals surface area contributed by atoms with Gasteiger partial charge in [0.25, 0.3) is 5.56 Å². The van der Waals surface area contributed by atoms with Crippen molar-refractivity contribution in [3.8, 4) is 0 Å². The van der Waals surface area contributed by atoms with Crippen LogP contribution in [-0.2, 0) is 11.3 Å². The van der Waals surface area contributed by atoms with E-state index in [-0.39, 0.29) is 5.56 Å². The van der Waals surface area contributed by atoms with Crippen molar-refractivity contribution in [1.82, 2.24) is 9.78 Å². The van der Waals surface area contributed by atoms with Crippen molar-refractivity contribution < 1.29 is 9.53 Å². The Labute approximate surface area is 81.7 Å². The van der Waals surface area contributed by atoms with E-state index in [0.29, 0.717) is 24.4 Å². The fraction of sp³-hybridized carbons (Fsp3) is 0.556. The molecule has 0 amide bonds. The summed E-state index contributed by atoms with van der Waals surface area (Å²) in [7, 11) is 0. The number of nitrogens with one attached hydrogen (secondary N) is 1. The van der Waals surface area contributed by atoms with Gasteiger partial charge in [-0.1, -0.05) is 0 Å². The molecule has 0 aliphatic rings. The summed E-state index contributed by atoms with van der Waals surface area (Å²) in [4.78, 5) is 22.7. The zero-order valence-electron chi connectivity index (χ0n) is 8.59. The molecule has 0 atom stereocenters. The van der Waals surface area contributed by atoms with E-state index in [9.17, 15) is 9.59 Å². The van der Waals surface area contributed by atoms with Gasteiger partial charge in [-0.3, -0.25) is 14.6 Å². The number of ether oxygens (including phenoxy) is 1. The average Bonchev–Trinajstić information content (AvgIpc) is 2.43. The van der Waals surface area contributed by atoms with Crippen molar-refractivity contribution in [2.75, 3.05) is 6.61 Å². The number of aryl methyl sites for hydroxylation is 1. The van der Waals surface area contributed by atoms with Gasteiger partial charge >= 0.3 is 5.97 Å². The molecule has 0 aliphatic heterocycles. The molecule has 0 fully saturated rings. The van der Waals surface area contributed by atoms with Crippen LogP contribution >= 0.6 is 0 Å². The summed E-state index contributed by atoms with van der Waals surface area (Å²) in [6, 6.07) is 0. The summed E-state index contributed by atoms with van der Waals surface area (Å²) in [6.07, 6.45) is 0. The van der Waals surface area contributed by atoms with Gasteiger partial charge in [0.15, 0.2) is 5.69 Å². The Morgan fingerprint density at radius 2 is 2.14 bits per heavy atom. The Morgan fingerprint density at radius 1 is 1.50 bits per heavy atom. The molecule has 1 N–H and O–H groups in total. The maximum atomic E-state index is 11.5. The van der Waals surface area contributed by atoms with E-state index < -0.39 is 5.97 Å². The second-order valence-corrected chi connectivity index (χ2v) is 2.88. The molecular weight excluding hydrogens is 184 g/mol. The van der Waals surface area contributed by atoms with Crippen molar-refractivity contribution in [3.05, 3.63) is 21.6 Å². The fourth-order valence-corrected chi connectivity index (χ4v) is 1.27. The van der Waals surface area contributed by atoms with Gasteiger partial charge in [-0.05, 0) is 20.8 Å². The first kappa shape index (κ1) is 10.6. The fourth-order valence-electron chi connectivity index (χ4n) is 1.27. The van der Waals surface area contributed by atoms with Crippen LogP contribution in [0.2, 0.25) is 0 Å². The molecule has 1 aromatic heterocycles. The monoisotopic (exact) mass is 198 g/mol. The number of aromatic nitrogens is 2. The minimum atomic E-state index is -0.454. The molecule has 0 spiro atoms. The number of aromatic amines is 1. The molecule has 0 saturated carbocycles. The Bertz CT molecular complexity index is 389. The molecular formula is C9H14N2O3. The molecule has 14 heavy (non-hydrogen) atoms. The molecule has 5 heteroatoms. The number of esters is 1. The molecule has 0 aliphatic carbocycles. The van der Waals surface area contributed by atoms with Gasteiger partial charge in [-0.15, -0.1) is 0 Å². The van der Waals surface area contributed by atoms with Crippen LogP contribution in [0.15, 0.2) is 4.79 Å². The number of H-pyrrole nitrogens is 1. The highest BCUT2D eigenvalue weighted by molar-refractivity contribution is 5.89. The van der Waals surface area contributed by atoms with Gasteiger partial charge in [-0.25, -0.2) is 4.79 Å². The van der Waals surface area contributed by atoms with Gasteiger partial charge < -0.3 is 4.74 Å². The van der Waals surface area contributed by atoms with E-state index in [2.05, 4.69) is 5.10 Å². The van der Waals surface area contributed by atoms with Crippen molar-refractivity contribution in [1.29, 1.82) is 0 Å². The van der Waals surface area contributed by atoms with Gasteiger partial charge in [0.05, 0.1) is 6.61 Å². The molecule has 0 saturated heterocycles. The minimum absolute atomic E-state index is 0.241. The van der Waals surface area contributed by atoms with E-state index in [1.165, 1.54) is 4.68 Å². The predicted octanol–water partition coefficient (Wildman–Crippen LogP) is 0.681. The van der Waals surface area contributed by atoms with E-state index in [1.54, 1.807) is 13.8 Å². The Morgan fingerprint density at radius 3 is 2.64 bits per heavy atom. The second-order valence-electron chi connectivity index (χ2n) is 2.88. The lowest BCUT2D eigenvalue weighted by Gasteiger charge is -2.05. The maximum absolute atomic E-state index is 11.5. The van der Waals surface area contributed by atoms with Gasteiger partial charge in [0.1, 0.15) is 0 Å². The van der Waals surface area contributed by atoms with Crippen molar-refractivity contribution in [2.45, 2.75) is 27.3 Å². The lowest BCUT2D eigenvalue weighted by Crippen LogP contribution is -2.13. The molecule has 0 unspecified atom stereocenters. The van der Waals surface area contributed by atoms with Crippen LogP contribution in [0.5, 0.6) is 0 Å². The molecule has 0 radical (unpaired) electrons.